The van der Waals surface area contributed by atoms with E-state index in [2.05, 4.69) is 10.3 Å². The maximum absolute atomic E-state index is 11.1. The van der Waals surface area contributed by atoms with Crippen molar-refractivity contribution in [3.8, 4) is 5.88 Å². The molecule has 76 valence electrons. The van der Waals surface area contributed by atoms with Crippen LogP contribution in [0, 0.1) is 0 Å². The number of carbonyl (C=O) groups is 1. The summed E-state index contributed by atoms with van der Waals surface area (Å²) in [6.07, 6.45) is 1.06. The number of hydrogen-bond acceptors (Lipinski definition) is 4. The first-order valence-corrected chi connectivity index (χ1v) is 4.20. The second kappa shape index (κ2) is 5.06. The van der Waals surface area contributed by atoms with Crippen molar-refractivity contribution in [2.75, 3.05) is 19.0 Å². The molecule has 0 radical (unpaired) electrons. The maximum Gasteiger partial charge on any atom is 0.411 e. The van der Waals surface area contributed by atoms with E-state index in [0.29, 0.717) is 18.2 Å². The van der Waals surface area contributed by atoms with Gasteiger partial charge in [0.05, 0.1) is 13.7 Å². The molecule has 1 N–H and O–H groups in total. The van der Waals surface area contributed by atoms with Crippen LogP contribution in [0.1, 0.15) is 6.92 Å². The normalized spacial score (nSPS) is 9.29. The van der Waals surface area contributed by atoms with Crippen molar-refractivity contribution in [2.24, 2.45) is 0 Å². The first-order valence-electron chi connectivity index (χ1n) is 4.20. The predicted octanol–water partition coefficient (Wildman–Crippen LogP) is 1.66. The van der Waals surface area contributed by atoms with Crippen LogP contribution in [0.25, 0.3) is 0 Å². The topological polar surface area (TPSA) is 60.5 Å². The Labute approximate surface area is 82.0 Å². The molecule has 0 aliphatic rings. The molecule has 0 saturated carbocycles. The smallest absolute Gasteiger partial charge is 0.411 e. The lowest BCUT2D eigenvalue weighted by molar-refractivity contribution is 0.168. The molecule has 1 rings (SSSR count). The van der Waals surface area contributed by atoms with Crippen LogP contribution in [0.4, 0.5) is 10.5 Å². The van der Waals surface area contributed by atoms with E-state index in [1.165, 1.54) is 7.11 Å². The van der Waals surface area contributed by atoms with Crippen LogP contribution in [0.5, 0.6) is 5.88 Å². The molecule has 1 heterocycles. The number of anilines is 1. The molecule has 14 heavy (non-hydrogen) atoms. The van der Waals surface area contributed by atoms with E-state index in [1.54, 1.807) is 25.3 Å². The minimum atomic E-state index is -0.515. The van der Waals surface area contributed by atoms with Gasteiger partial charge in [-0.15, -0.1) is 0 Å². The molecule has 5 nitrogen and oxygen atoms in total. The molecule has 0 saturated heterocycles. The molecule has 1 aromatic rings. The van der Waals surface area contributed by atoms with E-state index < -0.39 is 6.09 Å². The highest BCUT2D eigenvalue weighted by atomic mass is 16.5. The summed E-state index contributed by atoms with van der Waals surface area (Å²) >= 11 is 0. The van der Waals surface area contributed by atoms with Crippen LogP contribution in [-0.4, -0.2) is 24.8 Å². The van der Waals surface area contributed by atoms with Crippen LogP contribution in [0.15, 0.2) is 18.3 Å². The molecular weight excluding hydrogens is 184 g/mol. The number of carbonyl (C=O) groups excluding carboxylic acids is 1. The van der Waals surface area contributed by atoms with Gasteiger partial charge in [0.15, 0.2) is 0 Å². The summed E-state index contributed by atoms with van der Waals surface area (Å²) in [5.74, 6) is 0.362. The van der Waals surface area contributed by atoms with Crippen molar-refractivity contribution in [2.45, 2.75) is 6.92 Å². The van der Waals surface area contributed by atoms with Crippen molar-refractivity contribution in [3.05, 3.63) is 18.3 Å². The fraction of sp³-hybridized carbons (Fsp3) is 0.333. The van der Waals surface area contributed by atoms with Crippen LogP contribution in [0.2, 0.25) is 0 Å². The minimum Gasteiger partial charge on any atom is -0.480 e. The van der Waals surface area contributed by atoms with Crippen molar-refractivity contribution >= 4 is 11.8 Å². The zero-order valence-electron chi connectivity index (χ0n) is 8.11. The first kappa shape index (κ1) is 10.3. The van der Waals surface area contributed by atoms with Gasteiger partial charge in [-0.1, -0.05) is 0 Å². The zero-order valence-corrected chi connectivity index (χ0v) is 8.11. The molecule has 5 heteroatoms. The Hall–Kier alpha value is -1.78. The van der Waals surface area contributed by atoms with Gasteiger partial charge in [-0.25, -0.2) is 9.78 Å². The van der Waals surface area contributed by atoms with Gasteiger partial charge in [0.1, 0.15) is 5.69 Å². The number of pyridine rings is 1. The number of ether oxygens (including phenoxy) is 2. The molecule has 0 aliphatic heterocycles. The Morgan fingerprint density at radius 1 is 1.64 bits per heavy atom. The highest BCUT2D eigenvalue weighted by molar-refractivity contribution is 5.86. The monoisotopic (exact) mass is 196 g/mol. The molecule has 0 bridgehead atoms. The first-order chi connectivity index (χ1) is 6.77. The number of hydrogen-bond donors (Lipinski definition) is 1. The number of amides is 1. The molecule has 0 spiro atoms. The second-order valence-electron chi connectivity index (χ2n) is 2.41. The van der Waals surface area contributed by atoms with Gasteiger partial charge in [0, 0.05) is 6.20 Å². The summed E-state index contributed by atoms with van der Waals surface area (Å²) in [5, 5.41) is 2.51. The van der Waals surface area contributed by atoms with Gasteiger partial charge in [0.25, 0.3) is 0 Å². The van der Waals surface area contributed by atoms with Crippen molar-refractivity contribution < 1.29 is 14.3 Å². The molecule has 0 atom stereocenters. The lowest BCUT2D eigenvalue weighted by Crippen LogP contribution is -2.14. The van der Waals surface area contributed by atoms with Crippen molar-refractivity contribution in [1.82, 2.24) is 4.98 Å². The lowest BCUT2D eigenvalue weighted by atomic mass is 10.4. The van der Waals surface area contributed by atoms with Crippen LogP contribution in [0.3, 0.4) is 0 Å². The molecule has 0 fully saturated rings. The fourth-order valence-corrected chi connectivity index (χ4v) is 0.926. The average Bonchev–Trinajstić information content (AvgIpc) is 2.19. The SMILES string of the molecule is CCOC(=O)Nc1cccnc1OC. The third-order valence-corrected chi connectivity index (χ3v) is 1.48. The maximum atomic E-state index is 11.1. The summed E-state index contributed by atoms with van der Waals surface area (Å²) in [4.78, 5) is 15.0. The van der Waals surface area contributed by atoms with Crippen molar-refractivity contribution in [3.63, 3.8) is 0 Å². The molecular formula is C9H12N2O3. The average molecular weight is 196 g/mol. The number of nitrogens with one attached hydrogen (secondary N) is 1. The number of rotatable bonds is 3. The van der Waals surface area contributed by atoms with Gasteiger partial charge in [-0.2, -0.15) is 0 Å². The number of methoxy groups -OCH3 is 1. The molecule has 0 aromatic carbocycles. The summed E-state index contributed by atoms with van der Waals surface area (Å²) < 4.78 is 9.65. The van der Waals surface area contributed by atoms with E-state index in [1.807, 2.05) is 0 Å². The molecule has 1 amide bonds. The number of aromatic nitrogens is 1. The van der Waals surface area contributed by atoms with E-state index in [-0.39, 0.29) is 0 Å². The van der Waals surface area contributed by atoms with Crippen molar-refractivity contribution in [1.29, 1.82) is 0 Å². The summed E-state index contributed by atoms with van der Waals surface area (Å²) in [5.41, 5.74) is 0.494. The second-order valence-corrected chi connectivity index (χ2v) is 2.41. The van der Waals surface area contributed by atoms with Crippen LogP contribution < -0.4 is 10.1 Å². The summed E-state index contributed by atoms with van der Waals surface area (Å²) in [6, 6.07) is 3.38. The highest BCUT2D eigenvalue weighted by Gasteiger charge is 2.07. The van der Waals surface area contributed by atoms with E-state index >= 15 is 0 Å². The van der Waals surface area contributed by atoms with Gasteiger partial charge in [0.2, 0.25) is 5.88 Å². The fourth-order valence-electron chi connectivity index (χ4n) is 0.926. The van der Waals surface area contributed by atoms with Gasteiger partial charge < -0.3 is 9.47 Å². The molecule has 1 aromatic heterocycles. The Morgan fingerprint density at radius 2 is 2.43 bits per heavy atom. The highest BCUT2D eigenvalue weighted by Crippen LogP contribution is 2.19. The predicted molar refractivity (Wildman–Crippen MR) is 51.4 cm³/mol. The van der Waals surface area contributed by atoms with Gasteiger partial charge in [-0.05, 0) is 19.1 Å². The Bertz CT molecular complexity index is 315. The van der Waals surface area contributed by atoms with E-state index in [4.69, 9.17) is 9.47 Å². The summed E-state index contributed by atoms with van der Waals surface area (Å²) in [6.45, 7) is 2.06. The quantitative estimate of drug-likeness (QED) is 0.798. The third-order valence-electron chi connectivity index (χ3n) is 1.48. The van der Waals surface area contributed by atoms with Crippen LogP contribution >= 0.6 is 0 Å². The van der Waals surface area contributed by atoms with E-state index in [9.17, 15) is 4.79 Å². The van der Waals surface area contributed by atoms with Gasteiger partial charge >= 0.3 is 6.09 Å². The Balaban J connectivity index is 2.70. The Kier molecular flexibility index (Phi) is 3.72. The largest absolute Gasteiger partial charge is 0.480 e. The summed E-state index contributed by atoms with van der Waals surface area (Å²) in [7, 11) is 1.48. The zero-order chi connectivity index (χ0) is 10.4. The standard InChI is InChI=1S/C9H12N2O3/c1-3-14-9(12)11-7-5-4-6-10-8(7)13-2/h4-6H,3H2,1-2H3,(H,11,12). The van der Waals surface area contributed by atoms with E-state index in [0.717, 1.165) is 0 Å². The van der Waals surface area contributed by atoms with Gasteiger partial charge in [-0.3, -0.25) is 5.32 Å². The molecule has 0 unspecified atom stereocenters. The number of nitrogens with zero attached hydrogens (tertiary/aromatic N) is 1. The minimum absolute atomic E-state index is 0.328. The lowest BCUT2D eigenvalue weighted by Gasteiger charge is -2.07. The van der Waals surface area contributed by atoms with Crippen LogP contribution in [-0.2, 0) is 4.74 Å². The Morgan fingerprint density at radius 3 is 3.07 bits per heavy atom. The third kappa shape index (κ3) is 2.62. The molecule has 0 aliphatic carbocycles.